The zero-order chi connectivity index (χ0) is 10.3. The maximum atomic E-state index is 8.64. The molecular weight excluding hydrogens is 164 g/mol. The number of hydrogen-bond donors (Lipinski definition) is 1. The lowest BCUT2D eigenvalue weighted by atomic mass is 10.2. The van der Waals surface area contributed by atoms with Crippen molar-refractivity contribution >= 4 is 0 Å². The van der Waals surface area contributed by atoms with Crippen LogP contribution in [0.15, 0.2) is 6.07 Å². The Morgan fingerprint density at radius 2 is 1.85 bits per heavy atom. The van der Waals surface area contributed by atoms with Gasteiger partial charge in [-0.1, -0.05) is 13.8 Å². The van der Waals surface area contributed by atoms with Crippen LogP contribution in [-0.2, 0) is 6.42 Å². The number of aromatic nitrogens is 2. The van der Waals surface area contributed by atoms with Crippen LogP contribution in [-0.4, -0.2) is 21.7 Å². The van der Waals surface area contributed by atoms with Crippen molar-refractivity contribution in [3.63, 3.8) is 0 Å². The summed E-state index contributed by atoms with van der Waals surface area (Å²) in [5.41, 5.74) is 1.87. The average molecular weight is 182 g/mol. The first-order valence-electron chi connectivity index (χ1n) is 4.64. The predicted molar refractivity (Wildman–Crippen MR) is 53.6 cm³/mol. The Morgan fingerprint density at radius 1 is 1.23 bits per heavy atom. The molecule has 1 heterocycles. The van der Waals surface area contributed by atoms with Crippen molar-refractivity contribution in [1.29, 1.82) is 0 Å². The van der Waals surface area contributed by atoms with E-state index < -0.39 is 0 Å². The van der Waals surface area contributed by atoms with E-state index in [0.717, 1.165) is 17.2 Å². The summed E-state index contributed by atoms with van der Waals surface area (Å²) in [6.07, 6.45) is 0.615. The van der Waals surface area contributed by atoms with E-state index in [1.54, 1.807) is 0 Å². The largest absolute Gasteiger partial charge is 0.396 e. The highest BCUT2D eigenvalue weighted by atomic mass is 16.3. The molecule has 3 heteroatoms. The Morgan fingerprint density at radius 3 is 2.31 bits per heavy atom. The summed E-state index contributed by atoms with van der Waals surface area (Å²) in [7, 11) is 0. The number of aryl methyl sites for hydroxylation is 2. The Labute approximate surface area is 79.9 Å². The van der Waals surface area contributed by atoms with Crippen LogP contribution in [0.3, 0.4) is 0 Å². The van der Waals surface area contributed by atoms with Crippen molar-refractivity contribution in [3.8, 4) is 0 Å². The fourth-order valence-electron chi connectivity index (χ4n) is 1.04. The van der Waals surface area contributed by atoms with Crippen molar-refractivity contribution in [2.45, 2.75) is 34.1 Å². The molecule has 0 aliphatic rings. The molecule has 0 saturated carbocycles. The van der Waals surface area contributed by atoms with Gasteiger partial charge in [-0.15, -0.1) is 0 Å². The summed E-state index contributed by atoms with van der Waals surface area (Å²) in [6.45, 7) is 7.93. The summed E-state index contributed by atoms with van der Waals surface area (Å²) in [5.74, 6) is 0.772. The number of hydrogen-bond acceptors (Lipinski definition) is 3. The van der Waals surface area contributed by atoms with Crippen LogP contribution in [0.1, 0.15) is 31.1 Å². The highest BCUT2D eigenvalue weighted by molar-refractivity contribution is 5.09. The van der Waals surface area contributed by atoms with Crippen LogP contribution < -0.4 is 0 Å². The lowest BCUT2D eigenvalue weighted by molar-refractivity contribution is 0.298. The van der Waals surface area contributed by atoms with Gasteiger partial charge in [0.05, 0.1) is 0 Å². The van der Waals surface area contributed by atoms with Crippen LogP contribution in [0.5, 0.6) is 0 Å². The molecule has 1 rings (SSSR count). The van der Waals surface area contributed by atoms with E-state index in [0.29, 0.717) is 6.42 Å². The standard InChI is InChI=1S/C8H12N2O.C2H6/c1-6-5-8(3-4-11)10-7(2)9-6;1-2/h5,11H,3-4H2,1-2H3;1-2H3. The van der Waals surface area contributed by atoms with E-state index in [9.17, 15) is 0 Å². The maximum Gasteiger partial charge on any atom is 0.125 e. The molecule has 0 bridgehead atoms. The first-order chi connectivity index (χ1) is 6.22. The first kappa shape index (κ1) is 12.0. The molecule has 0 fully saturated rings. The highest BCUT2D eigenvalue weighted by Crippen LogP contribution is 1.99. The number of rotatable bonds is 2. The van der Waals surface area contributed by atoms with E-state index in [2.05, 4.69) is 9.97 Å². The molecule has 0 radical (unpaired) electrons. The van der Waals surface area contributed by atoms with E-state index in [1.165, 1.54) is 0 Å². The second-order valence-corrected chi connectivity index (χ2v) is 2.52. The topological polar surface area (TPSA) is 46.0 Å². The summed E-state index contributed by atoms with van der Waals surface area (Å²) in [6, 6.07) is 1.89. The van der Waals surface area contributed by atoms with Gasteiger partial charge < -0.3 is 5.11 Å². The van der Waals surface area contributed by atoms with Crippen LogP contribution in [0.25, 0.3) is 0 Å². The summed E-state index contributed by atoms with van der Waals surface area (Å²) in [5, 5.41) is 8.64. The van der Waals surface area contributed by atoms with Gasteiger partial charge >= 0.3 is 0 Å². The molecule has 0 amide bonds. The fraction of sp³-hybridized carbons (Fsp3) is 0.600. The molecule has 0 aromatic carbocycles. The van der Waals surface area contributed by atoms with Gasteiger partial charge in [-0.3, -0.25) is 0 Å². The minimum Gasteiger partial charge on any atom is -0.396 e. The summed E-state index contributed by atoms with van der Waals surface area (Å²) < 4.78 is 0. The zero-order valence-electron chi connectivity index (χ0n) is 8.83. The van der Waals surface area contributed by atoms with Crippen LogP contribution >= 0.6 is 0 Å². The molecule has 0 aliphatic carbocycles. The fourth-order valence-corrected chi connectivity index (χ4v) is 1.04. The molecule has 0 atom stereocenters. The molecule has 1 N–H and O–H groups in total. The van der Waals surface area contributed by atoms with Crippen molar-refractivity contribution in [1.82, 2.24) is 9.97 Å². The Bertz CT molecular complexity index is 228. The second-order valence-electron chi connectivity index (χ2n) is 2.52. The molecule has 13 heavy (non-hydrogen) atoms. The third kappa shape index (κ3) is 4.58. The highest BCUT2D eigenvalue weighted by Gasteiger charge is 1.96. The normalized spacial score (nSPS) is 9.00. The van der Waals surface area contributed by atoms with Crippen molar-refractivity contribution in [2.24, 2.45) is 0 Å². The SMILES string of the molecule is CC.Cc1cc(CCO)nc(C)n1. The van der Waals surface area contributed by atoms with E-state index in [4.69, 9.17) is 5.11 Å². The van der Waals surface area contributed by atoms with Gasteiger partial charge in [0, 0.05) is 24.4 Å². The molecular formula is C10H18N2O. The molecule has 1 aromatic rings. The maximum absolute atomic E-state index is 8.64. The molecule has 0 unspecified atom stereocenters. The smallest absolute Gasteiger partial charge is 0.125 e. The quantitative estimate of drug-likeness (QED) is 0.756. The molecule has 74 valence electrons. The molecule has 0 aliphatic heterocycles. The van der Waals surface area contributed by atoms with E-state index in [1.807, 2.05) is 33.8 Å². The summed E-state index contributed by atoms with van der Waals surface area (Å²) in [4.78, 5) is 8.28. The van der Waals surface area contributed by atoms with Gasteiger partial charge in [-0.2, -0.15) is 0 Å². The van der Waals surface area contributed by atoms with Crippen LogP contribution in [0, 0.1) is 13.8 Å². The second kappa shape index (κ2) is 6.54. The van der Waals surface area contributed by atoms with Crippen molar-refractivity contribution < 1.29 is 5.11 Å². The Hall–Kier alpha value is -0.960. The van der Waals surface area contributed by atoms with Crippen molar-refractivity contribution in [2.75, 3.05) is 6.61 Å². The third-order valence-electron chi connectivity index (χ3n) is 1.39. The van der Waals surface area contributed by atoms with Crippen LogP contribution in [0.2, 0.25) is 0 Å². The first-order valence-corrected chi connectivity index (χ1v) is 4.64. The lowest BCUT2D eigenvalue weighted by Gasteiger charge is -1.99. The number of aliphatic hydroxyl groups is 1. The zero-order valence-corrected chi connectivity index (χ0v) is 8.83. The minimum absolute atomic E-state index is 0.149. The van der Waals surface area contributed by atoms with Gasteiger partial charge in [0.25, 0.3) is 0 Å². The Balaban J connectivity index is 0.000000671. The molecule has 0 spiro atoms. The number of aliphatic hydroxyl groups excluding tert-OH is 1. The van der Waals surface area contributed by atoms with Crippen LogP contribution in [0.4, 0.5) is 0 Å². The monoisotopic (exact) mass is 182 g/mol. The van der Waals surface area contributed by atoms with Gasteiger partial charge in [0.1, 0.15) is 5.82 Å². The Kier molecular flexibility index (Phi) is 6.06. The van der Waals surface area contributed by atoms with Crippen molar-refractivity contribution in [3.05, 3.63) is 23.3 Å². The summed E-state index contributed by atoms with van der Waals surface area (Å²) >= 11 is 0. The molecule has 3 nitrogen and oxygen atoms in total. The average Bonchev–Trinajstić information content (AvgIpc) is 2.06. The third-order valence-corrected chi connectivity index (χ3v) is 1.39. The minimum atomic E-state index is 0.149. The van der Waals surface area contributed by atoms with Gasteiger partial charge in [-0.25, -0.2) is 9.97 Å². The number of nitrogens with zero attached hydrogens (tertiary/aromatic N) is 2. The van der Waals surface area contributed by atoms with E-state index >= 15 is 0 Å². The van der Waals surface area contributed by atoms with Gasteiger partial charge in [0.2, 0.25) is 0 Å². The van der Waals surface area contributed by atoms with Gasteiger partial charge in [0.15, 0.2) is 0 Å². The molecule has 1 aromatic heterocycles. The predicted octanol–water partition coefficient (Wildman–Crippen LogP) is 1.65. The van der Waals surface area contributed by atoms with Gasteiger partial charge in [-0.05, 0) is 19.9 Å². The molecule has 0 saturated heterocycles. The van der Waals surface area contributed by atoms with E-state index in [-0.39, 0.29) is 6.61 Å². The lowest BCUT2D eigenvalue weighted by Crippen LogP contribution is -1.99.